The van der Waals surface area contributed by atoms with Gasteiger partial charge in [0.05, 0.1) is 0 Å². The Bertz CT molecular complexity index is 729. The maximum atomic E-state index is 4.36. The molecule has 0 atom stereocenters. The molecule has 5 heteroatoms. The number of nitrogens with zero attached hydrogens (tertiary/aromatic N) is 2. The summed E-state index contributed by atoms with van der Waals surface area (Å²) in [5.41, 5.74) is 2.10. The Kier molecular flexibility index (Phi) is 4.01. The smallest absolute Gasteiger partial charge is 0.181 e. The van der Waals surface area contributed by atoms with Crippen LogP contribution in [0.1, 0.15) is 22.5 Å². The lowest BCUT2D eigenvalue weighted by atomic mass is 10.2. The molecule has 0 amide bonds. The number of H-pyrrole nitrogens is 1. The number of rotatable bonds is 5. The maximum absolute atomic E-state index is 4.36. The Hall–Kier alpha value is -2.14. The van der Waals surface area contributed by atoms with E-state index in [1.807, 2.05) is 30.4 Å². The molecule has 0 bridgehead atoms. The molecule has 0 aliphatic rings. The van der Waals surface area contributed by atoms with Crippen molar-refractivity contribution in [3.8, 4) is 11.4 Å². The van der Waals surface area contributed by atoms with Crippen LogP contribution >= 0.6 is 11.3 Å². The molecule has 0 unspecified atom stereocenters. The van der Waals surface area contributed by atoms with E-state index in [9.17, 15) is 0 Å². The summed E-state index contributed by atoms with van der Waals surface area (Å²) in [7, 11) is 0. The van der Waals surface area contributed by atoms with Crippen molar-refractivity contribution in [1.29, 1.82) is 0 Å². The number of hydrogen-bond donors (Lipinski definition) is 2. The van der Waals surface area contributed by atoms with Gasteiger partial charge in [0.2, 0.25) is 0 Å². The van der Waals surface area contributed by atoms with Crippen molar-refractivity contribution in [3.63, 3.8) is 0 Å². The first-order valence-corrected chi connectivity index (χ1v) is 7.87. The van der Waals surface area contributed by atoms with Gasteiger partial charge in [0.15, 0.2) is 5.82 Å². The molecule has 1 aromatic carbocycles. The Morgan fingerprint density at radius 3 is 2.76 bits per heavy atom. The number of nitrogens with one attached hydrogen (secondary N) is 2. The fraction of sp³-hybridized carbons (Fsp3) is 0.250. The van der Waals surface area contributed by atoms with Gasteiger partial charge in [-0.25, -0.2) is 4.98 Å². The van der Waals surface area contributed by atoms with Crippen molar-refractivity contribution in [2.24, 2.45) is 0 Å². The van der Waals surface area contributed by atoms with Crippen LogP contribution < -0.4 is 5.32 Å². The molecule has 0 saturated heterocycles. The average molecular weight is 298 g/mol. The van der Waals surface area contributed by atoms with Crippen LogP contribution in [0, 0.1) is 6.92 Å². The predicted octanol–water partition coefficient (Wildman–Crippen LogP) is 4.02. The van der Waals surface area contributed by atoms with Crippen LogP contribution in [0.25, 0.3) is 11.4 Å². The zero-order valence-electron chi connectivity index (χ0n) is 12.2. The van der Waals surface area contributed by atoms with E-state index in [1.54, 1.807) is 0 Å². The molecule has 3 aromatic rings. The summed E-state index contributed by atoms with van der Waals surface area (Å²) < 4.78 is 0. The Morgan fingerprint density at radius 2 is 2.05 bits per heavy atom. The van der Waals surface area contributed by atoms with Crippen LogP contribution in [0.4, 0.5) is 5.69 Å². The molecule has 4 nitrogen and oxygen atoms in total. The van der Waals surface area contributed by atoms with Gasteiger partial charge in [-0.3, -0.25) is 5.10 Å². The molecule has 2 heterocycles. The van der Waals surface area contributed by atoms with Gasteiger partial charge in [-0.15, -0.1) is 11.3 Å². The van der Waals surface area contributed by atoms with Crippen LogP contribution in [0.15, 0.2) is 36.4 Å². The topological polar surface area (TPSA) is 53.6 Å². The molecule has 0 aliphatic heterocycles. The van der Waals surface area contributed by atoms with E-state index in [4.69, 9.17) is 0 Å². The highest BCUT2D eigenvalue weighted by Crippen LogP contribution is 2.21. The second-order valence-electron chi connectivity index (χ2n) is 4.90. The van der Waals surface area contributed by atoms with Crippen molar-refractivity contribution < 1.29 is 0 Å². The first-order chi connectivity index (χ1) is 10.2. The fourth-order valence-electron chi connectivity index (χ4n) is 2.14. The Balaban J connectivity index is 1.71. The zero-order chi connectivity index (χ0) is 14.7. The van der Waals surface area contributed by atoms with E-state index >= 15 is 0 Å². The van der Waals surface area contributed by atoms with E-state index in [2.05, 4.69) is 51.7 Å². The standard InChI is InChI=1S/C16H18N4S/c1-3-14-7-8-15(21-14)10-17-13-6-4-5-12(9-13)16-18-11(2)19-20-16/h4-9,17H,3,10H2,1-2H3,(H,18,19,20). The van der Waals surface area contributed by atoms with Crippen molar-refractivity contribution >= 4 is 17.0 Å². The van der Waals surface area contributed by atoms with Crippen LogP contribution in [-0.2, 0) is 13.0 Å². The van der Waals surface area contributed by atoms with Crippen LogP contribution in [0.5, 0.6) is 0 Å². The molecular formula is C16H18N4S. The number of aryl methyl sites for hydroxylation is 2. The summed E-state index contributed by atoms with van der Waals surface area (Å²) in [6.45, 7) is 4.94. The number of thiophene rings is 1. The fourth-order valence-corrected chi connectivity index (χ4v) is 3.03. The van der Waals surface area contributed by atoms with Crippen molar-refractivity contribution in [1.82, 2.24) is 15.2 Å². The first kappa shape index (κ1) is 13.8. The van der Waals surface area contributed by atoms with E-state index in [-0.39, 0.29) is 0 Å². The molecule has 3 rings (SSSR count). The number of aromatic nitrogens is 3. The van der Waals surface area contributed by atoms with E-state index in [0.29, 0.717) is 0 Å². The summed E-state index contributed by atoms with van der Waals surface area (Å²) in [4.78, 5) is 7.14. The van der Waals surface area contributed by atoms with Crippen molar-refractivity contribution in [3.05, 3.63) is 52.0 Å². The highest BCUT2D eigenvalue weighted by Gasteiger charge is 2.05. The summed E-state index contributed by atoms with van der Waals surface area (Å²) in [6, 6.07) is 12.6. The monoisotopic (exact) mass is 298 g/mol. The van der Waals surface area contributed by atoms with E-state index in [1.165, 1.54) is 9.75 Å². The highest BCUT2D eigenvalue weighted by atomic mass is 32.1. The molecule has 2 N–H and O–H groups in total. The highest BCUT2D eigenvalue weighted by molar-refractivity contribution is 7.12. The van der Waals surface area contributed by atoms with Gasteiger partial charge in [-0.1, -0.05) is 19.1 Å². The van der Waals surface area contributed by atoms with Gasteiger partial charge in [-0.2, -0.15) is 5.10 Å². The third-order valence-corrected chi connectivity index (χ3v) is 4.48. The number of hydrogen-bond acceptors (Lipinski definition) is 4. The van der Waals surface area contributed by atoms with Crippen LogP contribution in [-0.4, -0.2) is 15.2 Å². The lowest BCUT2D eigenvalue weighted by molar-refractivity contribution is 1.04. The van der Waals surface area contributed by atoms with E-state index in [0.717, 1.165) is 35.9 Å². The zero-order valence-corrected chi connectivity index (χ0v) is 13.0. The molecular weight excluding hydrogens is 280 g/mol. The molecule has 0 spiro atoms. The second-order valence-corrected chi connectivity index (χ2v) is 6.15. The lowest BCUT2D eigenvalue weighted by Gasteiger charge is -2.06. The first-order valence-electron chi connectivity index (χ1n) is 7.05. The van der Waals surface area contributed by atoms with E-state index < -0.39 is 0 Å². The van der Waals surface area contributed by atoms with Gasteiger partial charge in [-0.05, 0) is 37.6 Å². The van der Waals surface area contributed by atoms with Gasteiger partial charge in [0.25, 0.3) is 0 Å². The Morgan fingerprint density at radius 1 is 1.19 bits per heavy atom. The van der Waals surface area contributed by atoms with Crippen molar-refractivity contribution in [2.45, 2.75) is 26.8 Å². The minimum absolute atomic E-state index is 0.737. The molecule has 0 fully saturated rings. The van der Waals surface area contributed by atoms with Gasteiger partial charge in [0, 0.05) is 27.5 Å². The summed E-state index contributed by atoms with van der Waals surface area (Å²) in [5, 5.41) is 10.5. The largest absolute Gasteiger partial charge is 0.380 e. The second kappa shape index (κ2) is 6.10. The average Bonchev–Trinajstić information content (AvgIpc) is 3.14. The number of aromatic amines is 1. The summed E-state index contributed by atoms with van der Waals surface area (Å²) in [6.07, 6.45) is 1.10. The normalized spacial score (nSPS) is 10.8. The molecule has 0 saturated carbocycles. The summed E-state index contributed by atoms with van der Waals surface area (Å²) >= 11 is 1.86. The molecule has 108 valence electrons. The lowest BCUT2D eigenvalue weighted by Crippen LogP contribution is -1.97. The third kappa shape index (κ3) is 3.31. The minimum Gasteiger partial charge on any atom is -0.380 e. The Labute approximate surface area is 128 Å². The van der Waals surface area contributed by atoms with Gasteiger partial charge in [0.1, 0.15) is 5.82 Å². The van der Waals surface area contributed by atoms with Gasteiger partial charge < -0.3 is 5.32 Å². The van der Waals surface area contributed by atoms with Crippen molar-refractivity contribution in [2.75, 3.05) is 5.32 Å². The number of benzene rings is 1. The quantitative estimate of drug-likeness (QED) is 0.748. The molecule has 0 aliphatic carbocycles. The van der Waals surface area contributed by atoms with Crippen LogP contribution in [0.2, 0.25) is 0 Å². The predicted molar refractivity (Wildman–Crippen MR) is 87.6 cm³/mol. The third-order valence-electron chi connectivity index (χ3n) is 3.25. The number of anilines is 1. The molecule has 2 aromatic heterocycles. The minimum atomic E-state index is 0.737. The molecule has 21 heavy (non-hydrogen) atoms. The molecule has 0 radical (unpaired) electrons. The van der Waals surface area contributed by atoms with Gasteiger partial charge >= 0.3 is 0 Å². The van der Waals surface area contributed by atoms with Crippen LogP contribution in [0.3, 0.4) is 0 Å². The summed E-state index contributed by atoms with van der Waals surface area (Å²) in [5.74, 6) is 1.56. The SMILES string of the molecule is CCc1ccc(CNc2cccc(-c3n[nH]c(C)n3)c2)s1. The maximum Gasteiger partial charge on any atom is 0.181 e.